The zero-order chi connectivity index (χ0) is 39.1. The molecule has 2 saturated heterocycles. The fraction of sp³-hybridized carbons (Fsp3) is 0.561. The van der Waals surface area contributed by atoms with Crippen LogP contribution in [0.2, 0.25) is 0 Å². The van der Waals surface area contributed by atoms with Gasteiger partial charge >= 0.3 is 5.97 Å². The fourth-order valence-electron chi connectivity index (χ4n) is 8.51. The van der Waals surface area contributed by atoms with E-state index in [1.807, 2.05) is 42.5 Å². The van der Waals surface area contributed by atoms with Gasteiger partial charge in [0.25, 0.3) is 11.8 Å². The maximum absolute atomic E-state index is 14.7. The van der Waals surface area contributed by atoms with Crippen molar-refractivity contribution in [3.05, 3.63) is 66.5 Å². The van der Waals surface area contributed by atoms with Crippen LogP contribution in [-0.4, -0.2) is 94.9 Å². The average Bonchev–Trinajstić information content (AvgIpc) is 4.04. The number of ether oxygens (including phenoxy) is 1. The Morgan fingerprint density at radius 2 is 1.75 bits per heavy atom. The molecule has 6 atom stereocenters. The van der Waals surface area contributed by atoms with Crippen LogP contribution in [0.4, 0.5) is 0 Å². The minimum Gasteiger partial charge on any atom is -0.460 e. The number of hydrogen-bond acceptors (Lipinski definition) is 9. The Bertz CT molecular complexity index is 1980. The standard InChI is InChI=1S/C41H51N5O8S/c1-40(2,3)54-34(47)21-29-10-7-5-4-6-8-13-31-22-41(31,39(51)44-55(52,53)32-14-15-32)43-36(48)35-33-25-45(23-30(33)24-46(35)38(29)50)37(49)28-12-9-11-27(20-28)26-16-18-42-19-17-26/h8-9,11-13,16-20,29-33,35H,4-7,10,14-15,21-25H2,1-3H3,(H,43,48)(H,44,51)/b13-8-/t29-,30+,31-,33+,35+,41-/m1/s1. The summed E-state index contributed by atoms with van der Waals surface area (Å²) in [6, 6.07) is 10.0. The summed E-state index contributed by atoms with van der Waals surface area (Å²) in [5.74, 6) is -4.24. The molecule has 1 aromatic carbocycles. The summed E-state index contributed by atoms with van der Waals surface area (Å²) < 4.78 is 33.7. The molecule has 4 amide bonds. The van der Waals surface area contributed by atoms with Crippen molar-refractivity contribution < 1.29 is 37.1 Å². The van der Waals surface area contributed by atoms with Crippen molar-refractivity contribution in [3.8, 4) is 11.1 Å². The van der Waals surface area contributed by atoms with Crippen molar-refractivity contribution >= 4 is 39.6 Å². The van der Waals surface area contributed by atoms with Gasteiger partial charge in [-0.15, -0.1) is 0 Å². The van der Waals surface area contributed by atoms with Gasteiger partial charge in [0.2, 0.25) is 21.8 Å². The van der Waals surface area contributed by atoms with Crippen LogP contribution in [0, 0.1) is 23.7 Å². The zero-order valence-corrected chi connectivity index (χ0v) is 32.6. The first-order valence-electron chi connectivity index (χ1n) is 19.5. The molecule has 0 bridgehead atoms. The first kappa shape index (κ1) is 38.7. The predicted octanol–water partition coefficient (Wildman–Crippen LogP) is 4.00. The van der Waals surface area contributed by atoms with Gasteiger partial charge in [-0.2, -0.15) is 0 Å². The number of nitrogens with one attached hydrogen (secondary N) is 2. The number of likely N-dealkylation sites (tertiary alicyclic amines) is 1. The first-order chi connectivity index (χ1) is 26.1. The van der Waals surface area contributed by atoms with Crippen molar-refractivity contribution in [1.29, 1.82) is 0 Å². The van der Waals surface area contributed by atoms with Crippen molar-refractivity contribution in [2.24, 2.45) is 23.7 Å². The molecule has 4 fully saturated rings. The van der Waals surface area contributed by atoms with Gasteiger partial charge in [0, 0.05) is 61.3 Å². The van der Waals surface area contributed by atoms with Crippen LogP contribution >= 0.6 is 0 Å². The Morgan fingerprint density at radius 3 is 2.47 bits per heavy atom. The van der Waals surface area contributed by atoms with Crippen LogP contribution in [0.15, 0.2) is 60.9 Å². The quantitative estimate of drug-likeness (QED) is 0.312. The zero-order valence-electron chi connectivity index (χ0n) is 31.7. The van der Waals surface area contributed by atoms with Gasteiger partial charge in [0.15, 0.2) is 0 Å². The molecule has 55 heavy (non-hydrogen) atoms. The predicted molar refractivity (Wildman–Crippen MR) is 203 cm³/mol. The van der Waals surface area contributed by atoms with Crippen molar-refractivity contribution in [2.75, 3.05) is 19.6 Å². The Morgan fingerprint density at radius 1 is 0.982 bits per heavy atom. The lowest BCUT2D eigenvalue weighted by Crippen LogP contribution is -2.58. The van der Waals surface area contributed by atoms with Crippen LogP contribution in [0.5, 0.6) is 0 Å². The SMILES string of the molecule is CC(C)(C)OC(=O)C[C@H]1CCCCC/C=C\[C@@H]2C[C@@]2(C(=O)NS(=O)(=O)C2CC2)NC(=O)[C@@H]2[C@H]3CN(C(=O)c4cccc(-c5ccncc5)c4)C[C@H]3CN2C1=O. The first-order valence-corrected chi connectivity index (χ1v) is 21.1. The van der Waals surface area contributed by atoms with Gasteiger partial charge in [-0.25, -0.2) is 8.42 Å². The summed E-state index contributed by atoms with van der Waals surface area (Å²) in [5.41, 5.74) is 0.0324. The molecule has 2 aliphatic carbocycles. The Hall–Kier alpha value is -4.59. The van der Waals surface area contributed by atoms with E-state index in [0.29, 0.717) is 44.2 Å². The van der Waals surface area contributed by atoms with E-state index in [0.717, 1.165) is 24.0 Å². The highest BCUT2D eigenvalue weighted by Gasteiger charge is 2.63. The highest BCUT2D eigenvalue weighted by atomic mass is 32.2. The number of amides is 4. The van der Waals surface area contributed by atoms with Crippen molar-refractivity contribution in [2.45, 2.75) is 101 Å². The average molecular weight is 774 g/mol. The summed E-state index contributed by atoms with van der Waals surface area (Å²) >= 11 is 0. The number of fused-ring (bicyclic) bond motifs is 4. The summed E-state index contributed by atoms with van der Waals surface area (Å²) in [6.07, 6.45) is 11.7. The van der Waals surface area contributed by atoms with E-state index in [4.69, 9.17) is 4.74 Å². The molecule has 7 rings (SSSR count). The molecule has 5 aliphatic rings. The maximum atomic E-state index is 14.7. The number of nitrogens with zero attached hydrogens (tertiary/aromatic N) is 3. The number of esters is 1. The topological polar surface area (TPSA) is 172 Å². The monoisotopic (exact) mass is 773 g/mol. The highest BCUT2D eigenvalue weighted by molar-refractivity contribution is 7.91. The van der Waals surface area contributed by atoms with Gasteiger partial charge in [-0.05, 0) is 94.7 Å². The van der Waals surface area contributed by atoms with E-state index in [2.05, 4.69) is 15.0 Å². The minimum absolute atomic E-state index is 0.137. The van der Waals surface area contributed by atoms with E-state index in [-0.39, 0.29) is 43.7 Å². The second-order valence-electron chi connectivity index (χ2n) is 16.9. The number of aromatic nitrogens is 1. The lowest BCUT2D eigenvalue weighted by Gasteiger charge is -2.33. The summed E-state index contributed by atoms with van der Waals surface area (Å²) in [7, 11) is -3.90. The third-order valence-corrected chi connectivity index (χ3v) is 13.4. The van der Waals surface area contributed by atoms with Crippen LogP contribution in [0.25, 0.3) is 11.1 Å². The number of sulfonamides is 1. The van der Waals surface area contributed by atoms with Crippen molar-refractivity contribution in [1.82, 2.24) is 24.8 Å². The minimum atomic E-state index is -3.90. The molecule has 4 heterocycles. The molecule has 294 valence electrons. The normalized spacial score (nSPS) is 29.1. The van der Waals surface area contributed by atoms with Gasteiger partial charge < -0.3 is 19.9 Å². The van der Waals surface area contributed by atoms with Crippen LogP contribution in [-0.2, 0) is 33.9 Å². The van der Waals surface area contributed by atoms with Gasteiger partial charge in [-0.3, -0.25) is 33.7 Å². The molecule has 2 aromatic rings. The van der Waals surface area contributed by atoms with E-state index >= 15 is 0 Å². The van der Waals surface area contributed by atoms with E-state index in [1.165, 1.54) is 0 Å². The van der Waals surface area contributed by atoms with Gasteiger partial charge in [0.05, 0.1) is 11.7 Å². The molecule has 3 aliphatic heterocycles. The van der Waals surface area contributed by atoms with Gasteiger partial charge in [0.1, 0.15) is 17.2 Å². The lowest BCUT2D eigenvalue weighted by atomic mass is 9.92. The number of rotatable bonds is 7. The summed E-state index contributed by atoms with van der Waals surface area (Å²) in [5, 5.41) is 2.32. The third kappa shape index (κ3) is 8.48. The number of hydrogen-bond donors (Lipinski definition) is 2. The second kappa shape index (κ2) is 15.2. The highest BCUT2D eigenvalue weighted by Crippen LogP contribution is 2.47. The molecule has 14 heteroatoms. The molecule has 2 N–H and O–H groups in total. The van der Waals surface area contributed by atoms with Gasteiger partial charge in [-0.1, -0.05) is 37.1 Å². The third-order valence-electron chi connectivity index (χ3n) is 11.6. The van der Waals surface area contributed by atoms with E-state index < -0.39 is 68.0 Å². The largest absolute Gasteiger partial charge is 0.460 e. The summed E-state index contributed by atoms with van der Waals surface area (Å²) in [4.78, 5) is 77.6. The summed E-state index contributed by atoms with van der Waals surface area (Å²) in [6.45, 7) is 6.01. The molecule has 0 spiro atoms. The molecular weight excluding hydrogens is 723 g/mol. The number of pyridine rings is 1. The molecule has 0 radical (unpaired) electrons. The smallest absolute Gasteiger partial charge is 0.307 e. The molecule has 2 saturated carbocycles. The molecule has 0 unspecified atom stereocenters. The van der Waals surface area contributed by atoms with E-state index in [9.17, 15) is 32.4 Å². The van der Waals surface area contributed by atoms with Crippen molar-refractivity contribution in [3.63, 3.8) is 0 Å². The van der Waals surface area contributed by atoms with E-state index in [1.54, 1.807) is 49.0 Å². The van der Waals surface area contributed by atoms with Crippen LogP contribution in [0.3, 0.4) is 0 Å². The lowest BCUT2D eigenvalue weighted by molar-refractivity contribution is -0.159. The number of benzene rings is 1. The Balaban J connectivity index is 1.18. The number of carbonyl (C=O) groups excluding carboxylic acids is 5. The fourth-order valence-corrected chi connectivity index (χ4v) is 9.88. The van der Waals surface area contributed by atoms with Crippen LogP contribution < -0.4 is 10.0 Å². The number of allylic oxidation sites excluding steroid dienone is 1. The Labute approximate surface area is 322 Å². The molecule has 13 nitrogen and oxygen atoms in total. The molecular formula is C41H51N5O8S. The van der Waals surface area contributed by atoms with Crippen LogP contribution in [0.1, 0.15) is 88.9 Å². The molecule has 1 aromatic heterocycles. The second-order valence-corrected chi connectivity index (χ2v) is 18.8. The number of carbonyl (C=O) groups is 5. The Kier molecular flexibility index (Phi) is 10.7. The maximum Gasteiger partial charge on any atom is 0.307 e.